The third kappa shape index (κ3) is 3.85. The van der Waals surface area contributed by atoms with E-state index in [2.05, 4.69) is 35.2 Å². The number of anilines is 1. The minimum Gasteiger partial charge on any atom is -0.369 e. The predicted molar refractivity (Wildman–Crippen MR) is 94.7 cm³/mol. The standard InChI is InChI=1S/C18H20FN3S/c1-3-16-21-17(15-11-12(2)23-18(15)22-16)20-10-4-5-13-6-8-14(19)9-7-13/h6-9,11H,3-5,10H2,1-2H3,(H,20,21,22). The average Bonchev–Trinajstić information content (AvgIpc) is 2.93. The molecule has 1 aromatic carbocycles. The molecule has 0 fully saturated rings. The second-order valence-electron chi connectivity index (χ2n) is 5.57. The molecule has 0 amide bonds. The molecule has 0 bridgehead atoms. The number of nitrogens with zero attached hydrogens (tertiary/aromatic N) is 2. The number of nitrogens with one attached hydrogen (secondary N) is 1. The van der Waals surface area contributed by atoms with Crippen LogP contribution < -0.4 is 5.32 Å². The Morgan fingerprint density at radius 1 is 1.17 bits per heavy atom. The molecule has 3 rings (SSSR count). The molecule has 0 unspecified atom stereocenters. The third-order valence-corrected chi connectivity index (χ3v) is 4.67. The fourth-order valence-electron chi connectivity index (χ4n) is 2.53. The summed E-state index contributed by atoms with van der Waals surface area (Å²) >= 11 is 1.71. The summed E-state index contributed by atoms with van der Waals surface area (Å²) in [6.45, 7) is 5.00. The minimum absolute atomic E-state index is 0.185. The number of rotatable bonds is 6. The Labute approximate surface area is 139 Å². The SMILES string of the molecule is CCc1nc(NCCCc2ccc(F)cc2)c2cc(C)sc2n1. The lowest BCUT2D eigenvalue weighted by molar-refractivity contribution is 0.626. The molecule has 2 aromatic heterocycles. The molecule has 0 saturated heterocycles. The molecule has 0 aliphatic carbocycles. The lowest BCUT2D eigenvalue weighted by Gasteiger charge is -2.08. The molecule has 0 aliphatic rings. The van der Waals surface area contributed by atoms with Crippen molar-refractivity contribution in [3.63, 3.8) is 0 Å². The number of hydrogen-bond donors (Lipinski definition) is 1. The number of hydrogen-bond acceptors (Lipinski definition) is 4. The summed E-state index contributed by atoms with van der Waals surface area (Å²) in [5.41, 5.74) is 1.15. The molecule has 23 heavy (non-hydrogen) atoms. The normalized spacial score (nSPS) is 11.1. The van der Waals surface area contributed by atoms with Crippen LogP contribution in [0, 0.1) is 12.7 Å². The smallest absolute Gasteiger partial charge is 0.138 e. The van der Waals surface area contributed by atoms with Crippen molar-refractivity contribution in [3.05, 3.63) is 52.4 Å². The van der Waals surface area contributed by atoms with Crippen molar-refractivity contribution in [1.82, 2.24) is 9.97 Å². The Morgan fingerprint density at radius 3 is 2.70 bits per heavy atom. The van der Waals surface area contributed by atoms with Crippen LogP contribution in [0.15, 0.2) is 30.3 Å². The minimum atomic E-state index is -0.185. The maximum Gasteiger partial charge on any atom is 0.138 e. The molecule has 1 N–H and O–H groups in total. The Bertz CT molecular complexity index is 796. The summed E-state index contributed by atoms with van der Waals surface area (Å²) in [4.78, 5) is 11.5. The van der Waals surface area contributed by atoms with E-state index in [4.69, 9.17) is 0 Å². The fraction of sp³-hybridized carbons (Fsp3) is 0.333. The van der Waals surface area contributed by atoms with Crippen molar-refractivity contribution in [2.75, 3.05) is 11.9 Å². The molecule has 0 saturated carbocycles. The monoisotopic (exact) mass is 329 g/mol. The summed E-state index contributed by atoms with van der Waals surface area (Å²) < 4.78 is 12.9. The van der Waals surface area contributed by atoms with E-state index in [0.29, 0.717) is 0 Å². The zero-order chi connectivity index (χ0) is 16.2. The number of thiophene rings is 1. The first-order valence-electron chi connectivity index (χ1n) is 7.91. The molecule has 0 spiro atoms. The molecule has 0 atom stereocenters. The van der Waals surface area contributed by atoms with Gasteiger partial charge in [-0.2, -0.15) is 0 Å². The number of fused-ring (bicyclic) bond motifs is 1. The highest BCUT2D eigenvalue weighted by Crippen LogP contribution is 2.28. The van der Waals surface area contributed by atoms with Gasteiger partial charge in [-0.15, -0.1) is 11.3 Å². The van der Waals surface area contributed by atoms with Crippen LogP contribution >= 0.6 is 11.3 Å². The molecule has 5 heteroatoms. The largest absolute Gasteiger partial charge is 0.369 e. The number of benzene rings is 1. The molecular formula is C18H20FN3S. The van der Waals surface area contributed by atoms with Crippen LogP contribution in [0.5, 0.6) is 0 Å². The van der Waals surface area contributed by atoms with Crippen LogP contribution in [-0.2, 0) is 12.8 Å². The maximum atomic E-state index is 12.9. The highest BCUT2D eigenvalue weighted by molar-refractivity contribution is 7.18. The number of aromatic nitrogens is 2. The first-order chi connectivity index (χ1) is 11.2. The van der Waals surface area contributed by atoms with Gasteiger partial charge in [0.05, 0.1) is 5.39 Å². The van der Waals surface area contributed by atoms with E-state index in [-0.39, 0.29) is 5.82 Å². The van der Waals surface area contributed by atoms with Crippen LogP contribution in [0.25, 0.3) is 10.2 Å². The van der Waals surface area contributed by atoms with E-state index in [1.807, 2.05) is 12.1 Å². The predicted octanol–water partition coefficient (Wildman–Crippen LogP) is 4.75. The average molecular weight is 329 g/mol. The van der Waals surface area contributed by atoms with Crippen LogP contribution in [0.1, 0.15) is 29.6 Å². The Hall–Kier alpha value is -2.01. The molecule has 3 aromatic rings. The molecular weight excluding hydrogens is 309 g/mol. The van der Waals surface area contributed by atoms with E-state index < -0.39 is 0 Å². The molecule has 2 heterocycles. The van der Waals surface area contributed by atoms with Gasteiger partial charge >= 0.3 is 0 Å². The Morgan fingerprint density at radius 2 is 1.96 bits per heavy atom. The van der Waals surface area contributed by atoms with Gasteiger partial charge in [-0.25, -0.2) is 14.4 Å². The Kier molecular flexibility index (Phi) is 4.86. The van der Waals surface area contributed by atoms with Gasteiger partial charge in [-0.3, -0.25) is 0 Å². The first kappa shape index (κ1) is 15.9. The highest BCUT2D eigenvalue weighted by Gasteiger charge is 2.09. The van der Waals surface area contributed by atoms with Crippen LogP contribution in [0.2, 0.25) is 0 Å². The second kappa shape index (κ2) is 7.04. The quantitative estimate of drug-likeness (QED) is 0.663. The Balaban J connectivity index is 1.65. The van der Waals surface area contributed by atoms with Gasteiger partial charge in [0.1, 0.15) is 22.3 Å². The van der Waals surface area contributed by atoms with Gasteiger partial charge in [0.2, 0.25) is 0 Å². The number of aryl methyl sites for hydroxylation is 3. The summed E-state index contributed by atoms with van der Waals surface area (Å²) in [5, 5.41) is 4.54. The molecule has 0 aliphatic heterocycles. The highest BCUT2D eigenvalue weighted by atomic mass is 32.1. The van der Waals surface area contributed by atoms with E-state index in [1.54, 1.807) is 11.3 Å². The summed E-state index contributed by atoms with van der Waals surface area (Å²) in [7, 11) is 0. The van der Waals surface area contributed by atoms with Gasteiger partial charge < -0.3 is 5.32 Å². The van der Waals surface area contributed by atoms with Gasteiger partial charge in [0.25, 0.3) is 0 Å². The van der Waals surface area contributed by atoms with Crippen molar-refractivity contribution in [1.29, 1.82) is 0 Å². The van der Waals surface area contributed by atoms with Gasteiger partial charge in [-0.05, 0) is 43.5 Å². The van der Waals surface area contributed by atoms with Crippen molar-refractivity contribution in [2.24, 2.45) is 0 Å². The van der Waals surface area contributed by atoms with Gasteiger partial charge in [-0.1, -0.05) is 19.1 Å². The van der Waals surface area contributed by atoms with Crippen molar-refractivity contribution >= 4 is 27.4 Å². The van der Waals surface area contributed by atoms with Crippen LogP contribution in [-0.4, -0.2) is 16.5 Å². The second-order valence-corrected chi connectivity index (χ2v) is 6.81. The number of halogens is 1. The molecule has 0 radical (unpaired) electrons. The fourth-order valence-corrected chi connectivity index (χ4v) is 3.43. The summed E-state index contributed by atoms with van der Waals surface area (Å²) in [6, 6.07) is 8.85. The van der Waals surface area contributed by atoms with Crippen LogP contribution in [0.4, 0.5) is 10.2 Å². The van der Waals surface area contributed by atoms with E-state index in [1.165, 1.54) is 17.0 Å². The topological polar surface area (TPSA) is 37.8 Å². The van der Waals surface area contributed by atoms with Crippen molar-refractivity contribution in [3.8, 4) is 0 Å². The summed E-state index contributed by atoms with van der Waals surface area (Å²) in [5.74, 6) is 1.62. The molecule has 120 valence electrons. The lowest BCUT2D eigenvalue weighted by Crippen LogP contribution is -2.07. The van der Waals surface area contributed by atoms with Crippen LogP contribution in [0.3, 0.4) is 0 Å². The van der Waals surface area contributed by atoms with E-state index in [9.17, 15) is 4.39 Å². The van der Waals surface area contributed by atoms with E-state index >= 15 is 0 Å². The van der Waals surface area contributed by atoms with Crippen molar-refractivity contribution < 1.29 is 4.39 Å². The maximum absolute atomic E-state index is 12.9. The van der Waals surface area contributed by atoms with Gasteiger partial charge in [0, 0.05) is 17.8 Å². The van der Waals surface area contributed by atoms with E-state index in [0.717, 1.165) is 53.2 Å². The van der Waals surface area contributed by atoms with Gasteiger partial charge in [0.15, 0.2) is 0 Å². The first-order valence-corrected chi connectivity index (χ1v) is 8.72. The zero-order valence-electron chi connectivity index (χ0n) is 13.4. The molecule has 3 nitrogen and oxygen atoms in total. The summed E-state index contributed by atoms with van der Waals surface area (Å²) in [6.07, 6.45) is 2.73. The third-order valence-electron chi connectivity index (χ3n) is 3.73. The zero-order valence-corrected chi connectivity index (χ0v) is 14.2. The van der Waals surface area contributed by atoms with Crippen molar-refractivity contribution in [2.45, 2.75) is 33.1 Å². The lowest BCUT2D eigenvalue weighted by atomic mass is 10.1.